The summed E-state index contributed by atoms with van der Waals surface area (Å²) in [5.41, 5.74) is 0.371. The third kappa shape index (κ3) is 32.5. The second-order valence-electron chi connectivity index (χ2n) is 33.6. The van der Waals surface area contributed by atoms with Gasteiger partial charge in [0.05, 0.1) is 30.5 Å². The van der Waals surface area contributed by atoms with Gasteiger partial charge in [-0.2, -0.15) is 16.8 Å². The molecule has 687 valence electrons. The molecule has 124 heavy (non-hydrogen) atoms. The van der Waals surface area contributed by atoms with E-state index >= 15 is 0 Å². The molecule has 36 atom stereocenters. The van der Waals surface area contributed by atoms with Crippen LogP contribution in [-0.4, -0.2) is 316 Å². The Labute approximate surface area is 1010 Å². The Morgan fingerprint density at radius 1 is 0.347 bits per heavy atom. The first kappa shape index (κ1) is 154. The number of nitrogens with zero attached hydrogens (tertiary/aromatic N) is 3. The molecule has 37 heteroatoms. The second-order valence-corrected chi connectivity index (χ2v) is 34.8. The Balaban J connectivity index is -0.000000145. The average molecular weight is 2410 g/mol. The first-order chi connectivity index (χ1) is 49.3. The van der Waals surface area contributed by atoms with E-state index in [1.165, 1.54) is 0 Å². The fourth-order valence-electron chi connectivity index (χ4n) is 21.6. The predicted molar refractivity (Wildman–Crippen MR) is 482 cm³/mol. The van der Waals surface area contributed by atoms with Gasteiger partial charge < -0.3 is 201 Å². The van der Waals surface area contributed by atoms with Crippen molar-refractivity contribution in [3.8, 4) is 0 Å². The van der Waals surface area contributed by atoms with Crippen LogP contribution in [0, 0.1) is 182 Å². The van der Waals surface area contributed by atoms with Crippen LogP contribution in [0.1, 0.15) is 141 Å². The molecule has 25 radical (unpaired) electrons. The minimum Gasteiger partial charge on any atom is -0.411 e. The van der Waals surface area contributed by atoms with Crippen LogP contribution in [0.5, 0.6) is 0 Å². The molecule has 18 saturated heterocycles. The normalized spacial score (nSPS) is 45.5. The van der Waals surface area contributed by atoms with Gasteiger partial charge in [0.15, 0.2) is 0 Å². The summed E-state index contributed by atoms with van der Waals surface area (Å²) in [6.07, 6.45) is 11.0. The number of fused-ring (bicyclic) bond motifs is 18. The van der Waals surface area contributed by atoms with Crippen LogP contribution >= 0.6 is 11.8 Å². The third-order valence-electron chi connectivity index (χ3n) is 26.6. The number of ether oxygens (including phenoxy) is 12. The summed E-state index contributed by atoms with van der Waals surface area (Å²) in [5.74, 6) is 5.02. The summed E-state index contributed by atoms with van der Waals surface area (Å²) in [7, 11) is 52.3. The standard InChI is InChI=1S/C10H18NO2.2C9H15BNO.C9H14BO2.C8H13BNO2.C8H13BNO.2C8H12BO2.C8H12BOS.CH4.9CH3.9Y/c1-5-8-9-7(2)12-10(8,3)6-11(4)13-9;2*1-4-6-7-8(10)12-9(6,2)5-11(7)3;1-3-6-7-8(10)12-9(6,2)4-5-11-7;1-3-5-6-7(9)11-8(5,2)4-10-12-6;3*1-3-5-6-7(9)11-8(5,2)4-10-6;1-3-5-6-7(9)10-8(5,2)4-11-6;;;;;;;;;;;;;;;;;;;/h7-9H,3,5-6H2,1-2,4H3;2*6-8H,2,4-5H2,1,3H3;6-8H,2-5H2,1H3;5-7,10H,2-4H2,1H3;5-7,10H,2-4H2,1H3;3*5-7H,2-4H2,1H3;1H4;9*1H3;;;;;;;;;/q9*-1;;9*-1;;;;;;;;;/t7-,8+,9?,10-;3*6-,7?,8-,9+;2*5-,6?,7-,8+;5-,6?,7+,8+;2*5-,6?,7-,8+;;;;;;;;;;;;;;;;;;;/m011111011.................../s1. The van der Waals surface area contributed by atoms with Crippen LogP contribution < -0.4 is 10.8 Å². The Hall–Kier alpha value is 10.0. The molecule has 18 fully saturated rings. The number of hydrogen-bond donors (Lipinski definition) is 2. The molecule has 9 unspecified atom stereocenters. The fraction of sp³-hybridized carbons (Fsp3) is 0.793. The van der Waals surface area contributed by atoms with Crippen molar-refractivity contribution in [1.82, 2.24) is 25.7 Å². The first-order valence-electron chi connectivity index (χ1n) is 39.5. The first-order valence-corrected chi connectivity index (χ1v) is 40.5. The summed E-state index contributed by atoms with van der Waals surface area (Å²) >= 11 is 1.92. The van der Waals surface area contributed by atoms with Crippen LogP contribution in [0.25, 0.3) is 0 Å². The van der Waals surface area contributed by atoms with Crippen LogP contribution in [0.4, 0.5) is 0 Å². The van der Waals surface area contributed by atoms with Gasteiger partial charge in [-0.1, -0.05) is 128 Å². The molecule has 18 rings (SSSR count). The number of nitrogens with one attached hydrogen (secondary N) is 2. The van der Waals surface area contributed by atoms with Crippen molar-refractivity contribution >= 4 is 74.5 Å². The molecule has 18 bridgehead atoms. The molecule has 0 aromatic carbocycles. The van der Waals surface area contributed by atoms with Gasteiger partial charge in [0.1, 0.15) is 68.9 Å². The number of thioether (sulfide) groups is 1. The number of hydroxylamine groups is 3. The maximum Gasteiger partial charge on any atom is 0.112 e. The van der Waals surface area contributed by atoms with Gasteiger partial charge in [0, 0.05) is 406 Å². The van der Waals surface area contributed by atoms with E-state index in [1.54, 1.807) is 0 Å². The topological polar surface area (TPSA) is 163 Å². The molecule has 0 aromatic heterocycles. The Bertz CT molecular complexity index is 2600. The van der Waals surface area contributed by atoms with Gasteiger partial charge >= 0.3 is 0 Å². The maximum absolute atomic E-state index is 5.87. The molecule has 2 N–H and O–H groups in total. The number of hydrogen-bond acceptors (Lipinski definition) is 20. The summed E-state index contributed by atoms with van der Waals surface area (Å²) in [4.78, 5) is 15.6. The summed E-state index contributed by atoms with van der Waals surface area (Å²) in [5, 5.41) is 5.69. The predicted octanol–water partition coefficient (Wildman–Crippen LogP) is 10.0. The minimum absolute atomic E-state index is 0. The van der Waals surface area contributed by atoms with Crippen molar-refractivity contribution in [3.63, 3.8) is 0 Å². The Morgan fingerprint density at radius 3 is 0.919 bits per heavy atom. The quantitative estimate of drug-likeness (QED) is 0.165. The molecule has 18 aliphatic heterocycles. The number of rotatable bonds is 9. The minimum atomic E-state index is -0.378. The molecular weight excluding hydrogens is 2260 g/mol. The second kappa shape index (κ2) is 64.2. The Kier molecular flexibility index (Phi) is 79.9. The SMILES string of the molecule is C.[B][C@@H]1O[C@@]2([CH2-])CCOC1[C@H]2CC.[B][C@@H]1O[C@@]2([CH2-])CN(C)C1[C@H]2CC.[B][C@@H]1O[C@@]2([CH2-])CN(C)C1[C@H]2CC.[B][C@@H]1O[C@@]2([CH2-])CNC1[C@H]2CC.[B][C@@H]1O[C@@]2([CH2-])CNOC1[C@H]2CC.[B][C@@H]1O[C@@]2([CH2-])COC1[C@H]2CC.[B][C@@H]1O[C@@]2([CH2-])CSC1[C@H]2CC.[B][C@@H]1O[C@]2([CH2-])COC1[C@@H]2CC.[CH2-][C@@]12CN(C)OC([C@H](C)O1)[C@H]2CC.[CH3-].[CH3-].[CH3-].[CH3-].[CH3-].[CH3-].[CH3-].[CH3-].[CH3-].[Y].[Y].[Y].[Y].[Y].[Y].[Y].[Y].[Y]. The van der Waals surface area contributed by atoms with Crippen molar-refractivity contribution in [1.29, 1.82) is 0 Å². The zero-order chi connectivity index (χ0) is 77.3. The van der Waals surface area contributed by atoms with E-state index in [9.17, 15) is 0 Å². The molecule has 18 heterocycles. The van der Waals surface area contributed by atoms with E-state index in [1.807, 2.05) is 23.9 Å². The van der Waals surface area contributed by atoms with Crippen molar-refractivity contribution in [2.75, 3.05) is 79.4 Å². The molecule has 0 saturated carbocycles. The molecule has 18 aliphatic rings. The van der Waals surface area contributed by atoms with E-state index in [0.717, 1.165) is 103 Å². The van der Waals surface area contributed by atoms with Crippen LogP contribution in [0.15, 0.2) is 0 Å². The van der Waals surface area contributed by atoms with E-state index in [4.69, 9.17) is 129 Å². The molecule has 0 spiro atoms. The fourth-order valence-corrected chi connectivity index (χ4v) is 23.3. The van der Waals surface area contributed by atoms with Crippen molar-refractivity contribution < 1.29 is 361 Å². The van der Waals surface area contributed by atoms with Crippen LogP contribution in [0.3, 0.4) is 0 Å². The van der Waals surface area contributed by atoms with Gasteiger partial charge in [0.25, 0.3) is 0 Å². The van der Waals surface area contributed by atoms with Crippen molar-refractivity contribution in [2.45, 2.75) is 299 Å². The summed E-state index contributed by atoms with van der Waals surface area (Å²) in [6, 6.07) is -0.507. The molecule has 0 aromatic rings. The van der Waals surface area contributed by atoms with Gasteiger partial charge in [0.2, 0.25) is 0 Å². The largest absolute Gasteiger partial charge is 0.411 e. The molecule has 19 nitrogen and oxygen atoms in total. The molecule has 0 aliphatic carbocycles. The summed E-state index contributed by atoms with van der Waals surface area (Å²) < 4.78 is 66.9. The summed E-state index contributed by atoms with van der Waals surface area (Å²) in [6.45, 7) is 64.3. The monoisotopic (exact) mass is 2410 g/mol. The van der Waals surface area contributed by atoms with Crippen molar-refractivity contribution in [2.24, 2.45) is 53.3 Å². The third-order valence-corrected chi connectivity index (χ3v) is 28.3. The van der Waals surface area contributed by atoms with Gasteiger partial charge in [-0.15, -0.1) is 0 Å². The maximum atomic E-state index is 5.87. The number of likely N-dealkylation sites (N-methyl/N-ethyl adjacent to an activating group) is 3. The average Bonchev–Trinajstić information content (AvgIpc) is 1.58. The van der Waals surface area contributed by atoms with Crippen LogP contribution in [0.2, 0.25) is 0 Å². The van der Waals surface area contributed by atoms with Gasteiger partial charge in [-0.25, -0.2) is 5.48 Å². The zero-order valence-corrected chi connectivity index (χ0v) is 107. The molecule has 0 amide bonds. The van der Waals surface area contributed by atoms with Crippen LogP contribution in [-0.2, 0) is 361 Å². The van der Waals surface area contributed by atoms with E-state index < -0.39 is 0 Å². The number of likely N-dealkylation sites (tertiary alicyclic amines) is 2. The van der Waals surface area contributed by atoms with Crippen molar-refractivity contribution in [3.05, 3.63) is 129 Å². The van der Waals surface area contributed by atoms with Gasteiger partial charge in [-0.05, 0) is 156 Å². The smallest absolute Gasteiger partial charge is 0.112 e. The number of morpholine rings is 3. The van der Waals surface area contributed by atoms with E-state index in [2.05, 4.69) is 166 Å². The zero-order valence-electron chi connectivity index (χ0n) is 80.2. The van der Waals surface area contributed by atoms with E-state index in [-0.39, 0.29) is 504 Å². The van der Waals surface area contributed by atoms with E-state index in [0.29, 0.717) is 96.4 Å². The molecular formula is C87H155B8N5O14SY9-18. The Morgan fingerprint density at radius 2 is 0.669 bits per heavy atom. The van der Waals surface area contributed by atoms with Gasteiger partial charge in [-0.3, -0.25) is 9.68 Å².